The summed E-state index contributed by atoms with van der Waals surface area (Å²) in [4.78, 5) is 4.09. The molecule has 1 heterocycles. The van der Waals surface area contributed by atoms with Crippen LogP contribution in [0.25, 0.3) is 0 Å². The summed E-state index contributed by atoms with van der Waals surface area (Å²) in [5.74, 6) is 1.40. The minimum Gasteiger partial charge on any atom is -0.444 e. The van der Waals surface area contributed by atoms with Crippen LogP contribution in [0.2, 0.25) is 0 Å². The average Bonchev–Trinajstić information content (AvgIpc) is 2.73. The summed E-state index contributed by atoms with van der Waals surface area (Å²) in [5, 5.41) is 12.2. The zero-order chi connectivity index (χ0) is 12.3. The van der Waals surface area contributed by atoms with Crippen LogP contribution in [0, 0.1) is 25.2 Å². The number of anilines is 1. The predicted molar refractivity (Wildman–Crippen MR) is 64.5 cm³/mol. The van der Waals surface area contributed by atoms with Crippen molar-refractivity contribution in [3.8, 4) is 6.07 Å². The van der Waals surface area contributed by atoms with Crippen LogP contribution in [-0.4, -0.2) is 4.98 Å². The fourth-order valence-corrected chi connectivity index (χ4v) is 1.56. The van der Waals surface area contributed by atoms with Gasteiger partial charge in [0.2, 0.25) is 5.89 Å². The molecule has 2 aromatic rings. The van der Waals surface area contributed by atoms with Gasteiger partial charge in [0.1, 0.15) is 11.8 Å². The molecule has 0 bridgehead atoms. The van der Waals surface area contributed by atoms with E-state index in [1.54, 1.807) is 6.20 Å². The molecule has 0 atom stereocenters. The molecule has 0 radical (unpaired) electrons. The highest BCUT2D eigenvalue weighted by atomic mass is 16.4. The smallest absolute Gasteiger partial charge is 0.213 e. The molecule has 0 spiro atoms. The van der Waals surface area contributed by atoms with Gasteiger partial charge in [-0.3, -0.25) is 0 Å². The van der Waals surface area contributed by atoms with Crippen molar-refractivity contribution in [2.75, 3.05) is 5.32 Å². The first-order valence-electron chi connectivity index (χ1n) is 5.35. The molecule has 4 nitrogen and oxygen atoms in total. The van der Waals surface area contributed by atoms with E-state index >= 15 is 0 Å². The predicted octanol–water partition coefficient (Wildman–Crippen LogP) is 2.78. The van der Waals surface area contributed by atoms with Gasteiger partial charge in [0.25, 0.3) is 0 Å². The molecule has 0 saturated carbocycles. The lowest BCUT2D eigenvalue weighted by Gasteiger charge is -2.06. The van der Waals surface area contributed by atoms with Gasteiger partial charge in [0.05, 0.1) is 24.0 Å². The second kappa shape index (κ2) is 4.71. The summed E-state index contributed by atoms with van der Waals surface area (Å²) in [6, 6.07) is 7.87. The molecule has 1 aromatic carbocycles. The lowest BCUT2D eigenvalue weighted by atomic mass is 10.1. The number of oxazole rings is 1. The van der Waals surface area contributed by atoms with Crippen LogP contribution < -0.4 is 5.32 Å². The molecule has 0 amide bonds. The van der Waals surface area contributed by atoms with E-state index in [4.69, 9.17) is 9.68 Å². The average molecular weight is 227 g/mol. The van der Waals surface area contributed by atoms with E-state index in [1.165, 1.54) is 0 Å². The van der Waals surface area contributed by atoms with Gasteiger partial charge in [-0.15, -0.1) is 0 Å². The molecule has 4 heteroatoms. The fraction of sp³-hybridized carbons (Fsp3) is 0.231. The number of nitrogens with zero attached hydrogens (tertiary/aromatic N) is 2. The Hall–Kier alpha value is -2.28. The monoisotopic (exact) mass is 227 g/mol. The fourth-order valence-electron chi connectivity index (χ4n) is 1.56. The molecule has 2 rings (SSSR count). The van der Waals surface area contributed by atoms with Crippen molar-refractivity contribution >= 4 is 5.69 Å². The summed E-state index contributed by atoms with van der Waals surface area (Å²) in [6.07, 6.45) is 1.68. The zero-order valence-electron chi connectivity index (χ0n) is 9.82. The maximum absolute atomic E-state index is 9.02. The second-order valence-electron chi connectivity index (χ2n) is 3.88. The zero-order valence-corrected chi connectivity index (χ0v) is 9.82. The van der Waals surface area contributed by atoms with Crippen molar-refractivity contribution in [1.82, 2.24) is 4.98 Å². The lowest BCUT2D eigenvalue weighted by Crippen LogP contribution is -2.01. The van der Waals surface area contributed by atoms with E-state index in [0.29, 0.717) is 18.0 Å². The Labute approximate surface area is 99.9 Å². The third-order valence-electron chi connectivity index (χ3n) is 2.39. The largest absolute Gasteiger partial charge is 0.444 e. The van der Waals surface area contributed by atoms with Gasteiger partial charge >= 0.3 is 0 Å². The van der Waals surface area contributed by atoms with E-state index in [2.05, 4.69) is 16.4 Å². The minimum absolute atomic E-state index is 0.478. The number of aryl methyl sites for hydroxylation is 2. The molecule has 0 fully saturated rings. The SMILES string of the molecule is Cc1ccc(NCc2ncc(C)o2)c(C#N)c1. The molecule has 1 aromatic heterocycles. The van der Waals surface area contributed by atoms with E-state index in [0.717, 1.165) is 17.0 Å². The van der Waals surface area contributed by atoms with Gasteiger partial charge in [-0.25, -0.2) is 4.98 Å². The highest BCUT2D eigenvalue weighted by Crippen LogP contribution is 2.17. The molecule has 0 aliphatic carbocycles. The summed E-state index contributed by atoms with van der Waals surface area (Å²) >= 11 is 0. The van der Waals surface area contributed by atoms with Crippen molar-refractivity contribution in [2.45, 2.75) is 20.4 Å². The summed E-state index contributed by atoms with van der Waals surface area (Å²) in [7, 11) is 0. The van der Waals surface area contributed by atoms with Crippen molar-refractivity contribution < 1.29 is 4.42 Å². The normalized spacial score (nSPS) is 9.94. The molecule has 1 N–H and O–H groups in total. The third kappa shape index (κ3) is 2.64. The topological polar surface area (TPSA) is 61.9 Å². The number of hydrogen-bond acceptors (Lipinski definition) is 4. The van der Waals surface area contributed by atoms with Crippen LogP contribution in [0.5, 0.6) is 0 Å². The Morgan fingerprint density at radius 2 is 2.24 bits per heavy atom. The van der Waals surface area contributed by atoms with Crippen LogP contribution in [0.4, 0.5) is 5.69 Å². The quantitative estimate of drug-likeness (QED) is 0.875. The maximum atomic E-state index is 9.02. The van der Waals surface area contributed by atoms with Crippen LogP contribution in [-0.2, 0) is 6.54 Å². The molecular formula is C13H13N3O. The van der Waals surface area contributed by atoms with Gasteiger partial charge in [-0.2, -0.15) is 5.26 Å². The van der Waals surface area contributed by atoms with Crippen LogP contribution in [0.15, 0.2) is 28.8 Å². The van der Waals surface area contributed by atoms with E-state index in [-0.39, 0.29) is 0 Å². The van der Waals surface area contributed by atoms with Gasteiger partial charge in [0.15, 0.2) is 0 Å². The first-order chi connectivity index (χ1) is 8.19. The first-order valence-corrected chi connectivity index (χ1v) is 5.35. The molecule has 0 saturated heterocycles. The Kier molecular flexibility index (Phi) is 3.10. The van der Waals surface area contributed by atoms with Crippen molar-refractivity contribution in [3.05, 3.63) is 47.2 Å². The molecular weight excluding hydrogens is 214 g/mol. The van der Waals surface area contributed by atoms with Crippen molar-refractivity contribution in [2.24, 2.45) is 0 Å². The molecule has 0 unspecified atom stereocenters. The molecule has 0 aliphatic rings. The van der Waals surface area contributed by atoms with Gasteiger partial charge in [-0.05, 0) is 31.5 Å². The number of nitriles is 1. The number of nitrogens with one attached hydrogen (secondary N) is 1. The molecule has 0 aliphatic heterocycles. The molecule has 17 heavy (non-hydrogen) atoms. The first kappa shape index (κ1) is 11.2. The van der Waals surface area contributed by atoms with Gasteiger partial charge < -0.3 is 9.73 Å². The van der Waals surface area contributed by atoms with Gasteiger partial charge in [0, 0.05) is 0 Å². The standard InChI is InChI=1S/C13H13N3O/c1-9-3-4-12(11(5-9)6-14)15-8-13-16-7-10(2)17-13/h3-5,7,15H,8H2,1-2H3. The highest BCUT2D eigenvalue weighted by molar-refractivity contribution is 5.58. The highest BCUT2D eigenvalue weighted by Gasteiger charge is 2.04. The Balaban J connectivity index is 2.12. The van der Waals surface area contributed by atoms with Crippen LogP contribution >= 0.6 is 0 Å². The summed E-state index contributed by atoms with van der Waals surface area (Å²) < 4.78 is 5.35. The van der Waals surface area contributed by atoms with Crippen LogP contribution in [0.3, 0.4) is 0 Å². The van der Waals surface area contributed by atoms with Crippen molar-refractivity contribution in [1.29, 1.82) is 5.26 Å². The van der Waals surface area contributed by atoms with Gasteiger partial charge in [-0.1, -0.05) is 6.07 Å². The number of aromatic nitrogens is 1. The van der Waals surface area contributed by atoms with E-state index < -0.39 is 0 Å². The Morgan fingerprint density at radius 1 is 1.41 bits per heavy atom. The number of benzene rings is 1. The minimum atomic E-state index is 0.478. The Bertz CT molecular complexity index is 566. The lowest BCUT2D eigenvalue weighted by molar-refractivity contribution is 0.479. The third-order valence-corrected chi connectivity index (χ3v) is 2.39. The van der Waals surface area contributed by atoms with E-state index in [9.17, 15) is 0 Å². The number of rotatable bonds is 3. The molecule has 86 valence electrons. The Morgan fingerprint density at radius 3 is 2.88 bits per heavy atom. The van der Waals surface area contributed by atoms with Crippen LogP contribution in [0.1, 0.15) is 22.8 Å². The van der Waals surface area contributed by atoms with Crippen molar-refractivity contribution in [3.63, 3.8) is 0 Å². The maximum Gasteiger partial charge on any atom is 0.213 e. The summed E-state index contributed by atoms with van der Waals surface area (Å²) in [6.45, 7) is 4.29. The summed E-state index contributed by atoms with van der Waals surface area (Å²) in [5.41, 5.74) is 2.50. The number of hydrogen-bond donors (Lipinski definition) is 1. The second-order valence-corrected chi connectivity index (χ2v) is 3.88. The van der Waals surface area contributed by atoms with E-state index in [1.807, 2.05) is 32.0 Å².